The molecule has 1 aromatic carbocycles. The van der Waals surface area contributed by atoms with Gasteiger partial charge in [-0.05, 0) is 68.9 Å². The Labute approximate surface area is 134 Å². The van der Waals surface area contributed by atoms with Crippen LogP contribution in [0.5, 0.6) is 0 Å². The fourth-order valence-corrected chi connectivity index (χ4v) is 2.99. The number of rotatable bonds is 6. The summed E-state index contributed by atoms with van der Waals surface area (Å²) in [5.41, 5.74) is 8.35. The molecule has 3 N–H and O–H groups in total. The summed E-state index contributed by atoms with van der Waals surface area (Å²) in [6, 6.07) is 8.34. The van der Waals surface area contributed by atoms with Crippen LogP contribution in [0.1, 0.15) is 38.7 Å². The SMILES string of the molecule is CCCN1CCC(CN=C(N)Nc2cccc(CC)c2)CC1. The standard InChI is InChI=1S/C18H30N4/c1-3-10-22-11-8-16(9-12-22)14-20-18(19)21-17-7-5-6-15(4-2)13-17/h5-7,13,16H,3-4,8-12,14H2,1-2H3,(H3,19,20,21). The van der Waals surface area contributed by atoms with E-state index in [1.807, 2.05) is 6.07 Å². The molecule has 4 heteroatoms. The molecule has 1 aliphatic rings. The monoisotopic (exact) mass is 302 g/mol. The Bertz CT molecular complexity index is 476. The smallest absolute Gasteiger partial charge is 0.193 e. The third kappa shape index (κ3) is 5.34. The number of piperidine rings is 1. The van der Waals surface area contributed by atoms with Gasteiger partial charge in [0.2, 0.25) is 0 Å². The summed E-state index contributed by atoms with van der Waals surface area (Å²) in [5, 5.41) is 3.20. The van der Waals surface area contributed by atoms with Gasteiger partial charge in [0.1, 0.15) is 0 Å². The molecule has 0 bridgehead atoms. The van der Waals surface area contributed by atoms with Gasteiger partial charge >= 0.3 is 0 Å². The molecule has 0 radical (unpaired) electrons. The van der Waals surface area contributed by atoms with Crippen LogP contribution >= 0.6 is 0 Å². The average Bonchev–Trinajstić information content (AvgIpc) is 2.55. The van der Waals surface area contributed by atoms with E-state index in [2.05, 4.69) is 47.3 Å². The minimum atomic E-state index is 0.532. The molecule has 122 valence electrons. The van der Waals surface area contributed by atoms with Crippen LogP contribution in [0.3, 0.4) is 0 Å². The van der Waals surface area contributed by atoms with Crippen LogP contribution in [0.4, 0.5) is 5.69 Å². The number of benzene rings is 1. The number of hydrogen-bond donors (Lipinski definition) is 2. The number of aliphatic imine (C=N–C) groups is 1. The molecule has 0 unspecified atom stereocenters. The predicted molar refractivity (Wildman–Crippen MR) is 95.4 cm³/mol. The molecule has 0 aliphatic carbocycles. The number of aryl methyl sites for hydroxylation is 1. The molecule has 1 fully saturated rings. The van der Waals surface area contributed by atoms with Crippen molar-refractivity contribution in [1.29, 1.82) is 0 Å². The maximum atomic E-state index is 6.02. The number of likely N-dealkylation sites (tertiary alicyclic amines) is 1. The van der Waals surface area contributed by atoms with Gasteiger partial charge in [-0.1, -0.05) is 26.0 Å². The molecule has 22 heavy (non-hydrogen) atoms. The van der Waals surface area contributed by atoms with Crippen molar-refractivity contribution in [2.75, 3.05) is 31.5 Å². The van der Waals surface area contributed by atoms with Gasteiger partial charge in [-0.15, -0.1) is 0 Å². The van der Waals surface area contributed by atoms with Crippen LogP contribution in [0.25, 0.3) is 0 Å². The Morgan fingerprint density at radius 1 is 1.32 bits per heavy atom. The number of anilines is 1. The van der Waals surface area contributed by atoms with Crippen molar-refractivity contribution in [3.05, 3.63) is 29.8 Å². The second kappa shape index (κ2) is 8.79. The molecule has 1 aliphatic heterocycles. The zero-order valence-electron chi connectivity index (χ0n) is 14.0. The first-order valence-corrected chi connectivity index (χ1v) is 8.59. The van der Waals surface area contributed by atoms with Crippen LogP contribution in [0.2, 0.25) is 0 Å². The predicted octanol–water partition coefficient (Wildman–Crippen LogP) is 3.10. The van der Waals surface area contributed by atoms with Gasteiger partial charge in [0, 0.05) is 12.2 Å². The third-order valence-corrected chi connectivity index (χ3v) is 4.37. The van der Waals surface area contributed by atoms with Crippen molar-refractivity contribution in [3.63, 3.8) is 0 Å². The summed E-state index contributed by atoms with van der Waals surface area (Å²) < 4.78 is 0. The molecular weight excluding hydrogens is 272 g/mol. The van der Waals surface area contributed by atoms with E-state index in [0.717, 1.165) is 18.7 Å². The van der Waals surface area contributed by atoms with E-state index in [9.17, 15) is 0 Å². The van der Waals surface area contributed by atoms with Crippen LogP contribution in [0.15, 0.2) is 29.3 Å². The largest absolute Gasteiger partial charge is 0.370 e. The highest BCUT2D eigenvalue weighted by molar-refractivity contribution is 5.92. The molecule has 1 saturated heterocycles. The average molecular weight is 302 g/mol. The zero-order valence-corrected chi connectivity index (χ0v) is 14.0. The van der Waals surface area contributed by atoms with Crippen molar-refractivity contribution in [1.82, 2.24) is 4.90 Å². The number of nitrogens with two attached hydrogens (primary N) is 1. The molecule has 0 saturated carbocycles. The van der Waals surface area contributed by atoms with Crippen LogP contribution in [-0.4, -0.2) is 37.0 Å². The highest BCUT2D eigenvalue weighted by Crippen LogP contribution is 2.17. The van der Waals surface area contributed by atoms with E-state index in [1.165, 1.54) is 44.5 Å². The zero-order chi connectivity index (χ0) is 15.8. The van der Waals surface area contributed by atoms with Gasteiger partial charge in [-0.3, -0.25) is 4.99 Å². The van der Waals surface area contributed by atoms with Crippen molar-refractivity contribution < 1.29 is 0 Å². The minimum Gasteiger partial charge on any atom is -0.370 e. The molecule has 1 aromatic rings. The van der Waals surface area contributed by atoms with Gasteiger partial charge in [0.15, 0.2) is 5.96 Å². The normalized spacial score (nSPS) is 17.6. The summed E-state index contributed by atoms with van der Waals surface area (Å²) in [6.07, 6.45) is 4.75. The van der Waals surface area contributed by atoms with E-state index >= 15 is 0 Å². The first kappa shape index (κ1) is 16.8. The molecule has 0 aromatic heterocycles. The van der Waals surface area contributed by atoms with E-state index in [1.54, 1.807) is 0 Å². The summed E-state index contributed by atoms with van der Waals surface area (Å²) in [5.74, 6) is 1.21. The van der Waals surface area contributed by atoms with Gasteiger partial charge in [-0.25, -0.2) is 0 Å². The highest BCUT2D eigenvalue weighted by atomic mass is 15.1. The fourth-order valence-electron chi connectivity index (χ4n) is 2.99. The number of hydrogen-bond acceptors (Lipinski definition) is 2. The molecule has 0 amide bonds. The topological polar surface area (TPSA) is 53.6 Å². The maximum absolute atomic E-state index is 6.02. The number of nitrogens with zero attached hydrogens (tertiary/aromatic N) is 2. The van der Waals surface area contributed by atoms with E-state index < -0.39 is 0 Å². The third-order valence-electron chi connectivity index (χ3n) is 4.37. The van der Waals surface area contributed by atoms with E-state index in [4.69, 9.17) is 5.73 Å². The Morgan fingerprint density at radius 3 is 2.77 bits per heavy atom. The van der Waals surface area contributed by atoms with Crippen molar-refractivity contribution in [3.8, 4) is 0 Å². The van der Waals surface area contributed by atoms with E-state index in [-0.39, 0.29) is 0 Å². The first-order chi connectivity index (χ1) is 10.7. The molecular formula is C18H30N4. The summed E-state index contributed by atoms with van der Waals surface area (Å²) >= 11 is 0. The lowest BCUT2D eigenvalue weighted by atomic mass is 9.97. The van der Waals surface area contributed by atoms with Gasteiger partial charge in [-0.2, -0.15) is 0 Å². The summed E-state index contributed by atoms with van der Waals surface area (Å²) in [4.78, 5) is 7.09. The van der Waals surface area contributed by atoms with Crippen LogP contribution in [-0.2, 0) is 6.42 Å². The van der Waals surface area contributed by atoms with Crippen LogP contribution in [0, 0.1) is 5.92 Å². The van der Waals surface area contributed by atoms with Gasteiger partial charge in [0.05, 0.1) is 0 Å². The number of nitrogens with one attached hydrogen (secondary N) is 1. The first-order valence-electron chi connectivity index (χ1n) is 8.59. The Kier molecular flexibility index (Phi) is 6.72. The molecule has 0 atom stereocenters. The van der Waals surface area contributed by atoms with E-state index in [0.29, 0.717) is 11.9 Å². The lowest BCUT2D eigenvalue weighted by Crippen LogP contribution is -2.35. The Morgan fingerprint density at radius 2 is 2.09 bits per heavy atom. The van der Waals surface area contributed by atoms with Gasteiger partial charge < -0.3 is 16.0 Å². The van der Waals surface area contributed by atoms with Crippen molar-refractivity contribution >= 4 is 11.6 Å². The summed E-state index contributed by atoms with van der Waals surface area (Å²) in [7, 11) is 0. The summed E-state index contributed by atoms with van der Waals surface area (Å²) in [6.45, 7) is 8.89. The van der Waals surface area contributed by atoms with Crippen molar-refractivity contribution in [2.24, 2.45) is 16.6 Å². The fraction of sp³-hybridized carbons (Fsp3) is 0.611. The lowest BCUT2D eigenvalue weighted by molar-refractivity contribution is 0.188. The second-order valence-electron chi connectivity index (χ2n) is 6.19. The number of guanidine groups is 1. The second-order valence-corrected chi connectivity index (χ2v) is 6.19. The lowest BCUT2D eigenvalue weighted by Gasteiger charge is -2.30. The molecule has 0 spiro atoms. The minimum absolute atomic E-state index is 0.532. The molecule has 4 nitrogen and oxygen atoms in total. The Balaban J connectivity index is 1.78. The van der Waals surface area contributed by atoms with Crippen molar-refractivity contribution in [2.45, 2.75) is 39.5 Å². The quantitative estimate of drug-likeness (QED) is 0.627. The van der Waals surface area contributed by atoms with Gasteiger partial charge in [0.25, 0.3) is 0 Å². The van der Waals surface area contributed by atoms with Crippen LogP contribution < -0.4 is 11.1 Å². The maximum Gasteiger partial charge on any atom is 0.193 e. The molecule has 1 heterocycles. The molecule has 2 rings (SSSR count). The highest BCUT2D eigenvalue weighted by Gasteiger charge is 2.18. The Hall–Kier alpha value is -1.55.